The van der Waals surface area contributed by atoms with Crippen LogP contribution >= 0.6 is 0 Å². The first-order chi connectivity index (χ1) is 23.7. The van der Waals surface area contributed by atoms with Crippen LogP contribution in [0.15, 0.2) is 73.3 Å². The van der Waals surface area contributed by atoms with E-state index >= 15 is 4.39 Å². The second-order valence-corrected chi connectivity index (χ2v) is 11.9. The van der Waals surface area contributed by atoms with Gasteiger partial charge in [0.05, 0.1) is 41.6 Å². The van der Waals surface area contributed by atoms with E-state index in [1.54, 1.807) is 44.5 Å². The molecule has 4 heterocycles. The summed E-state index contributed by atoms with van der Waals surface area (Å²) in [5, 5.41) is 11.6. The number of carbonyl (C=O) groups excluding carboxylic acids is 1. The molecule has 49 heavy (non-hydrogen) atoms. The minimum atomic E-state index is -0.571. The van der Waals surface area contributed by atoms with E-state index < -0.39 is 11.6 Å². The first-order valence-electron chi connectivity index (χ1n) is 15.8. The highest BCUT2D eigenvalue weighted by atomic mass is 19.1. The average molecular weight is 670 g/mol. The molecule has 0 bridgehead atoms. The number of pyridine rings is 1. The SMILES string of the molecule is COc1cc2ncnc(Nc3ccc(Oc4ccn(-c5cnc(C)c(F)c5)n4)cc3F)c2cc1NC1CCN(C(=O)/C=C/CN(C)C)CC1. The third-order valence-electron chi connectivity index (χ3n) is 8.11. The average Bonchev–Trinajstić information content (AvgIpc) is 3.55. The Morgan fingerprint density at radius 3 is 2.59 bits per heavy atom. The predicted octanol–water partition coefficient (Wildman–Crippen LogP) is 5.86. The third kappa shape index (κ3) is 7.92. The number of methoxy groups -OCH3 is 1. The molecule has 0 aliphatic carbocycles. The van der Waals surface area contributed by atoms with Crippen LogP contribution in [0.4, 0.5) is 26.0 Å². The van der Waals surface area contributed by atoms with Crippen LogP contribution in [0.25, 0.3) is 16.6 Å². The molecule has 3 aromatic heterocycles. The molecule has 0 radical (unpaired) electrons. The maximum atomic E-state index is 15.4. The number of carbonyl (C=O) groups is 1. The molecule has 1 fully saturated rings. The maximum absolute atomic E-state index is 15.4. The second kappa shape index (κ2) is 14.6. The zero-order valence-corrected chi connectivity index (χ0v) is 27.7. The number of hydrogen-bond acceptors (Lipinski definition) is 10. The topological polar surface area (TPSA) is 123 Å². The first-order valence-corrected chi connectivity index (χ1v) is 15.8. The van der Waals surface area contributed by atoms with Gasteiger partial charge in [0.2, 0.25) is 11.8 Å². The van der Waals surface area contributed by atoms with Crippen LogP contribution in [-0.4, -0.2) is 87.3 Å². The molecule has 0 atom stereocenters. The van der Waals surface area contributed by atoms with E-state index in [9.17, 15) is 9.18 Å². The van der Waals surface area contributed by atoms with Crippen LogP contribution in [0.5, 0.6) is 17.4 Å². The van der Waals surface area contributed by atoms with Crippen molar-refractivity contribution in [2.24, 2.45) is 0 Å². The number of halogens is 2. The summed E-state index contributed by atoms with van der Waals surface area (Å²) in [5.41, 5.74) is 2.26. The van der Waals surface area contributed by atoms with Gasteiger partial charge in [-0.15, -0.1) is 5.10 Å². The summed E-state index contributed by atoms with van der Waals surface area (Å²) >= 11 is 0. The predicted molar refractivity (Wildman–Crippen MR) is 183 cm³/mol. The Bertz CT molecular complexity index is 1990. The van der Waals surface area contributed by atoms with Gasteiger partial charge in [-0.1, -0.05) is 6.08 Å². The quantitative estimate of drug-likeness (QED) is 0.165. The highest BCUT2D eigenvalue weighted by molar-refractivity contribution is 5.95. The number of rotatable bonds is 11. The monoisotopic (exact) mass is 669 g/mol. The fourth-order valence-corrected chi connectivity index (χ4v) is 5.43. The standard InChI is InChI=1S/C35H37F2N9O3/c1-22-27(36)16-24(20-38-22)46-15-11-33(43-46)49-25-7-8-29(28(37)17-25)42-35-26-18-31(32(48-4)19-30(26)39-21-40-35)41-23-9-13-45(14-10-23)34(47)6-5-12-44(2)3/h5-8,11,15-21,23,41H,9-10,12-14H2,1-4H3,(H,39,40,42)/b6-5+. The van der Waals surface area contributed by atoms with Crippen LogP contribution in [0.3, 0.4) is 0 Å². The highest BCUT2D eigenvalue weighted by Gasteiger charge is 2.23. The molecule has 2 aromatic carbocycles. The van der Waals surface area contributed by atoms with Crippen molar-refractivity contribution in [2.45, 2.75) is 25.8 Å². The molecule has 1 aliphatic heterocycles. The van der Waals surface area contributed by atoms with Crippen molar-refractivity contribution in [3.8, 4) is 23.1 Å². The number of nitrogens with one attached hydrogen (secondary N) is 2. The molecular formula is C35H37F2N9O3. The van der Waals surface area contributed by atoms with Crippen LogP contribution in [0, 0.1) is 18.6 Å². The molecule has 0 spiro atoms. The number of piperidine rings is 1. The lowest BCUT2D eigenvalue weighted by atomic mass is 10.0. The van der Waals surface area contributed by atoms with Gasteiger partial charge >= 0.3 is 0 Å². The number of amides is 1. The lowest BCUT2D eigenvalue weighted by Crippen LogP contribution is -2.41. The van der Waals surface area contributed by atoms with Crippen LogP contribution in [-0.2, 0) is 4.79 Å². The molecule has 0 unspecified atom stereocenters. The largest absolute Gasteiger partial charge is 0.495 e. The summed E-state index contributed by atoms with van der Waals surface area (Å²) in [4.78, 5) is 29.3. The number of likely N-dealkylation sites (N-methyl/N-ethyl adjacent to an activating group) is 1. The van der Waals surface area contributed by atoms with Gasteiger partial charge in [-0.05, 0) is 52.1 Å². The Morgan fingerprint density at radius 1 is 1.04 bits per heavy atom. The normalized spacial score (nSPS) is 13.7. The van der Waals surface area contributed by atoms with E-state index in [1.165, 1.54) is 29.3 Å². The number of anilines is 3. The third-order valence-corrected chi connectivity index (χ3v) is 8.11. The molecule has 2 N–H and O–H groups in total. The molecule has 1 saturated heterocycles. The van der Waals surface area contributed by atoms with Crippen molar-refractivity contribution in [1.82, 2.24) is 34.5 Å². The van der Waals surface area contributed by atoms with Gasteiger partial charge in [0.15, 0.2) is 0 Å². The number of hydrogen-bond donors (Lipinski definition) is 2. The number of ether oxygens (including phenoxy) is 2. The first kappa shape index (κ1) is 33.3. The lowest BCUT2D eigenvalue weighted by molar-refractivity contribution is -0.126. The van der Waals surface area contributed by atoms with Crippen LogP contribution < -0.4 is 20.1 Å². The fraction of sp³-hybridized carbons (Fsp3) is 0.286. The van der Waals surface area contributed by atoms with Gasteiger partial charge in [0, 0.05) is 67.6 Å². The Kier molecular flexibility index (Phi) is 9.95. The zero-order valence-electron chi connectivity index (χ0n) is 27.7. The van der Waals surface area contributed by atoms with E-state index in [0.29, 0.717) is 47.8 Å². The molecule has 5 aromatic rings. The molecule has 254 valence electrons. The Hall–Kier alpha value is -5.63. The van der Waals surface area contributed by atoms with E-state index in [4.69, 9.17) is 9.47 Å². The van der Waals surface area contributed by atoms with Gasteiger partial charge in [-0.2, -0.15) is 0 Å². The summed E-state index contributed by atoms with van der Waals surface area (Å²) in [6.45, 7) is 3.57. The summed E-state index contributed by atoms with van der Waals surface area (Å²) in [6.07, 6.45) is 9.56. The van der Waals surface area contributed by atoms with E-state index in [1.807, 2.05) is 42.1 Å². The van der Waals surface area contributed by atoms with Gasteiger partial charge in [0.25, 0.3) is 0 Å². The van der Waals surface area contributed by atoms with Crippen LogP contribution in [0.1, 0.15) is 18.5 Å². The van der Waals surface area contributed by atoms with Crippen LogP contribution in [0.2, 0.25) is 0 Å². The molecule has 6 rings (SSSR count). The number of benzene rings is 2. The number of fused-ring (bicyclic) bond motifs is 1. The zero-order chi connectivity index (χ0) is 34.5. The van der Waals surface area contributed by atoms with E-state index in [2.05, 4.69) is 30.7 Å². The number of aryl methyl sites for hydroxylation is 1. The van der Waals surface area contributed by atoms with E-state index in [-0.39, 0.29) is 35.0 Å². The number of likely N-dealkylation sites (tertiary alicyclic amines) is 1. The van der Waals surface area contributed by atoms with Crippen molar-refractivity contribution in [1.29, 1.82) is 0 Å². The summed E-state index contributed by atoms with van der Waals surface area (Å²) < 4.78 is 42.2. The van der Waals surface area contributed by atoms with Crippen molar-refractivity contribution in [3.63, 3.8) is 0 Å². The summed E-state index contributed by atoms with van der Waals surface area (Å²) in [7, 11) is 5.51. The molecule has 0 saturated carbocycles. The van der Waals surface area contributed by atoms with E-state index in [0.717, 1.165) is 18.5 Å². The minimum Gasteiger partial charge on any atom is -0.495 e. The Morgan fingerprint density at radius 2 is 1.86 bits per heavy atom. The smallest absolute Gasteiger partial charge is 0.246 e. The molecule has 12 nitrogen and oxygen atoms in total. The van der Waals surface area contributed by atoms with Gasteiger partial charge in [-0.25, -0.2) is 23.4 Å². The molecule has 1 amide bonds. The van der Waals surface area contributed by atoms with Gasteiger partial charge in [0.1, 0.15) is 35.3 Å². The summed E-state index contributed by atoms with van der Waals surface area (Å²) in [6, 6.07) is 11.1. The molecular weight excluding hydrogens is 632 g/mol. The number of aromatic nitrogens is 5. The van der Waals surface area contributed by atoms with Gasteiger partial charge < -0.3 is 29.9 Å². The lowest BCUT2D eigenvalue weighted by Gasteiger charge is -2.32. The fourth-order valence-electron chi connectivity index (χ4n) is 5.43. The second-order valence-electron chi connectivity index (χ2n) is 11.9. The minimum absolute atomic E-state index is 0.0211. The van der Waals surface area contributed by atoms with Crippen molar-refractivity contribution in [3.05, 3.63) is 90.7 Å². The van der Waals surface area contributed by atoms with Crippen molar-refractivity contribution < 1.29 is 23.0 Å². The summed E-state index contributed by atoms with van der Waals surface area (Å²) in [5.74, 6) is 0.449. The Labute approximate surface area is 282 Å². The number of nitrogens with zero attached hydrogens (tertiary/aromatic N) is 7. The van der Waals surface area contributed by atoms with Crippen molar-refractivity contribution >= 4 is 34.0 Å². The Balaban J connectivity index is 1.14. The molecule has 14 heteroatoms. The van der Waals surface area contributed by atoms with Crippen molar-refractivity contribution in [2.75, 3.05) is 51.5 Å². The molecule has 1 aliphatic rings. The highest BCUT2D eigenvalue weighted by Crippen LogP contribution is 2.35. The van der Waals surface area contributed by atoms with Gasteiger partial charge in [-0.3, -0.25) is 9.78 Å². The maximum Gasteiger partial charge on any atom is 0.246 e.